The molecule has 92 valence electrons. The Labute approximate surface area is 94.9 Å². The summed E-state index contributed by atoms with van der Waals surface area (Å²) in [4.78, 5) is 0. The van der Waals surface area contributed by atoms with Gasteiger partial charge in [-0.2, -0.15) is 0 Å². The van der Waals surface area contributed by atoms with E-state index < -0.39 is 41.9 Å². The summed E-state index contributed by atoms with van der Waals surface area (Å²) in [6, 6.07) is 0. The average Bonchev–Trinajstić information content (AvgIpc) is 2.29. The third-order valence-electron chi connectivity index (χ3n) is 1.83. The van der Waals surface area contributed by atoms with E-state index in [2.05, 4.69) is 20.7 Å². The van der Waals surface area contributed by atoms with Gasteiger partial charge >= 0.3 is 5.85 Å². The van der Waals surface area contributed by atoms with E-state index in [1.807, 2.05) is 0 Å². The minimum absolute atomic E-state index is 0.0197. The lowest BCUT2D eigenvalue weighted by atomic mass is 10.0. The zero-order chi connectivity index (χ0) is 12.5. The van der Waals surface area contributed by atoms with Crippen LogP contribution < -0.4 is 0 Å². The van der Waals surface area contributed by atoms with Crippen molar-refractivity contribution in [1.82, 2.24) is 0 Å². The summed E-state index contributed by atoms with van der Waals surface area (Å²) in [5, 5.41) is -0.0197. The quantitative estimate of drug-likeness (QED) is 0.570. The van der Waals surface area contributed by atoms with Gasteiger partial charge in [0.2, 0.25) is 12.0 Å². The van der Waals surface area contributed by atoms with Gasteiger partial charge in [0.15, 0.2) is 17.5 Å². The molecule has 0 aromatic carbocycles. The summed E-state index contributed by atoms with van der Waals surface area (Å²) in [7, 11) is 0. The molecule has 0 bridgehead atoms. The molecule has 1 aliphatic carbocycles. The lowest BCUT2D eigenvalue weighted by Crippen LogP contribution is -2.42. The summed E-state index contributed by atoms with van der Waals surface area (Å²) in [5.74, 6) is -13.6. The number of allylic oxidation sites excluding steroid dienone is 2. The number of alkyl halides is 3. The molecule has 0 aromatic rings. The van der Waals surface area contributed by atoms with Crippen molar-refractivity contribution in [3.63, 3.8) is 0 Å². The number of hydrogen-bond donors (Lipinski definition) is 0. The number of halogens is 7. The van der Waals surface area contributed by atoms with Crippen LogP contribution in [0.2, 0.25) is 0 Å². The molecule has 0 aliphatic heterocycles. The zero-order valence-corrected chi connectivity index (χ0v) is 9.13. The monoisotopic (exact) mass is 310 g/mol. The standard InChI is InChI=1S/C8H5BrF6O/c9-1-2-16-8(15)6(13)4(11)3(10)5(12)7(8)14/h6H,1-2H2/t6-,8-/m1/s1. The molecule has 0 N–H and O–H groups in total. The van der Waals surface area contributed by atoms with Gasteiger partial charge in [-0.15, -0.1) is 0 Å². The van der Waals surface area contributed by atoms with Crippen LogP contribution >= 0.6 is 15.9 Å². The average molecular weight is 311 g/mol. The maximum absolute atomic E-state index is 13.5. The second-order valence-corrected chi connectivity index (χ2v) is 3.63. The Bertz CT molecular complexity index is 354. The second kappa shape index (κ2) is 4.79. The minimum atomic E-state index is -3.96. The van der Waals surface area contributed by atoms with E-state index in [1.165, 1.54) is 0 Å². The largest absolute Gasteiger partial charge is 0.337 e. The molecule has 1 nitrogen and oxygen atoms in total. The summed E-state index contributed by atoms with van der Waals surface area (Å²) in [6.45, 7) is -0.549. The molecular formula is C8H5BrF6O. The molecule has 0 spiro atoms. The fourth-order valence-corrected chi connectivity index (χ4v) is 1.22. The summed E-state index contributed by atoms with van der Waals surface area (Å²) in [6.07, 6.45) is -3.37. The predicted molar refractivity (Wildman–Crippen MR) is 47.0 cm³/mol. The smallest absolute Gasteiger partial charge is 0.303 e. The first-order valence-corrected chi connectivity index (χ1v) is 5.12. The third kappa shape index (κ3) is 2.00. The SMILES string of the molecule is FC1=C(F)[C@@H](F)[C@@](F)(OCCBr)C(F)=C1F. The molecule has 1 rings (SSSR count). The number of ether oxygens (including phenoxy) is 1. The Morgan fingerprint density at radius 2 is 1.75 bits per heavy atom. The van der Waals surface area contributed by atoms with Crippen molar-refractivity contribution in [2.45, 2.75) is 12.0 Å². The van der Waals surface area contributed by atoms with Crippen LogP contribution in [0.3, 0.4) is 0 Å². The highest BCUT2D eigenvalue weighted by Crippen LogP contribution is 2.44. The molecule has 0 heterocycles. The van der Waals surface area contributed by atoms with Crippen LogP contribution in [-0.4, -0.2) is 24.0 Å². The van der Waals surface area contributed by atoms with E-state index >= 15 is 0 Å². The van der Waals surface area contributed by atoms with Gasteiger partial charge in [0.25, 0.3) is 0 Å². The van der Waals surface area contributed by atoms with E-state index in [1.54, 1.807) is 0 Å². The predicted octanol–water partition coefficient (Wildman–Crippen LogP) is 3.72. The van der Waals surface area contributed by atoms with Crippen LogP contribution in [0, 0.1) is 0 Å². The first-order valence-electron chi connectivity index (χ1n) is 4.00. The van der Waals surface area contributed by atoms with Gasteiger partial charge in [-0.05, 0) is 0 Å². The fourth-order valence-electron chi connectivity index (χ4n) is 1.06. The highest BCUT2D eigenvalue weighted by Gasteiger charge is 2.55. The fraction of sp³-hybridized carbons (Fsp3) is 0.500. The van der Waals surface area contributed by atoms with Crippen molar-refractivity contribution in [2.24, 2.45) is 0 Å². The number of rotatable bonds is 3. The maximum Gasteiger partial charge on any atom is 0.303 e. The van der Waals surface area contributed by atoms with Crippen molar-refractivity contribution in [3.8, 4) is 0 Å². The summed E-state index contributed by atoms with van der Waals surface area (Å²) in [5.41, 5.74) is 0. The Morgan fingerprint density at radius 1 is 1.19 bits per heavy atom. The van der Waals surface area contributed by atoms with Crippen LogP contribution in [0.15, 0.2) is 23.3 Å². The van der Waals surface area contributed by atoms with Gasteiger partial charge in [0.05, 0.1) is 6.61 Å². The lowest BCUT2D eigenvalue weighted by Gasteiger charge is -2.29. The zero-order valence-electron chi connectivity index (χ0n) is 7.55. The Morgan fingerprint density at radius 3 is 2.25 bits per heavy atom. The summed E-state index contributed by atoms with van der Waals surface area (Å²) >= 11 is 2.76. The van der Waals surface area contributed by atoms with Gasteiger partial charge < -0.3 is 4.74 Å². The molecule has 0 fully saturated rings. The second-order valence-electron chi connectivity index (χ2n) is 2.83. The normalized spacial score (nSPS) is 31.3. The topological polar surface area (TPSA) is 9.23 Å². The first-order chi connectivity index (χ1) is 7.36. The van der Waals surface area contributed by atoms with Crippen molar-refractivity contribution in [2.75, 3.05) is 11.9 Å². The Kier molecular flexibility index (Phi) is 4.06. The molecular weight excluding hydrogens is 306 g/mol. The first kappa shape index (κ1) is 13.6. The van der Waals surface area contributed by atoms with Crippen LogP contribution in [0.4, 0.5) is 26.3 Å². The van der Waals surface area contributed by atoms with E-state index in [-0.39, 0.29) is 5.33 Å². The molecule has 2 atom stereocenters. The highest BCUT2D eigenvalue weighted by atomic mass is 79.9. The van der Waals surface area contributed by atoms with Crippen LogP contribution in [0.25, 0.3) is 0 Å². The van der Waals surface area contributed by atoms with Crippen molar-refractivity contribution in [1.29, 1.82) is 0 Å². The molecule has 0 radical (unpaired) electrons. The molecule has 0 saturated carbocycles. The molecule has 1 aliphatic rings. The maximum atomic E-state index is 13.5. The van der Waals surface area contributed by atoms with Gasteiger partial charge in [-0.1, -0.05) is 15.9 Å². The Balaban J connectivity index is 3.14. The van der Waals surface area contributed by atoms with Crippen LogP contribution in [0.5, 0.6) is 0 Å². The molecule has 0 unspecified atom stereocenters. The van der Waals surface area contributed by atoms with E-state index in [4.69, 9.17) is 0 Å². The van der Waals surface area contributed by atoms with Crippen molar-refractivity contribution in [3.05, 3.63) is 23.3 Å². The van der Waals surface area contributed by atoms with Gasteiger partial charge in [0.1, 0.15) is 0 Å². The van der Waals surface area contributed by atoms with Gasteiger partial charge in [0, 0.05) is 5.33 Å². The van der Waals surface area contributed by atoms with E-state index in [9.17, 15) is 26.3 Å². The van der Waals surface area contributed by atoms with E-state index in [0.717, 1.165) is 0 Å². The third-order valence-corrected chi connectivity index (χ3v) is 2.16. The number of hydrogen-bond acceptors (Lipinski definition) is 1. The van der Waals surface area contributed by atoms with Gasteiger partial charge in [-0.3, -0.25) is 0 Å². The highest BCUT2D eigenvalue weighted by molar-refractivity contribution is 9.09. The lowest BCUT2D eigenvalue weighted by molar-refractivity contribution is -0.166. The molecule has 0 saturated heterocycles. The molecule has 16 heavy (non-hydrogen) atoms. The van der Waals surface area contributed by atoms with Crippen molar-refractivity contribution >= 4 is 15.9 Å². The molecule has 0 amide bonds. The molecule has 8 heteroatoms. The molecule has 0 aromatic heterocycles. The summed E-state index contributed by atoms with van der Waals surface area (Å²) < 4.78 is 81.3. The van der Waals surface area contributed by atoms with Crippen molar-refractivity contribution < 1.29 is 31.1 Å². The van der Waals surface area contributed by atoms with Crippen LogP contribution in [0.1, 0.15) is 0 Å². The minimum Gasteiger partial charge on any atom is -0.337 e. The van der Waals surface area contributed by atoms with Gasteiger partial charge in [-0.25, -0.2) is 26.3 Å². The van der Waals surface area contributed by atoms with E-state index in [0.29, 0.717) is 0 Å². The van der Waals surface area contributed by atoms with Crippen LogP contribution in [-0.2, 0) is 4.74 Å². The Hall–Kier alpha value is -0.500.